The first-order valence-corrected chi connectivity index (χ1v) is 8.24. The van der Waals surface area contributed by atoms with Crippen molar-refractivity contribution in [3.63, 3.8) is 0 Å². The predicted molar refractivity (Wildman–Crippen MR) is 95.0 cm³/mol. The van der Waals surface area contributed by atoms with Crippen LogP contribution in [0.1, 0.15) is 16.8 Å². The minimum Gasteiger partial charge on any atom is -0.361 e. The maximum atomic E-state index is 12.1. The lowest BCUT2D eigenvalue weighted by molar-refractivity contribution is -0.383. The molecule has 0 bridgehead atoms. The summed E-state index contributed by atoms with van der Waals surface area (Å²) in [5.74, 6) is 0. The van der Waals surface area contributed by atoms with Crippen LogP contribution in [0.15, 0.2) is 29.2 Å². The molecular weight excluding hydrogens is 342 g/mol. The molecule has 0 aliphatic carbocycles. The van der Waals surface area contributed by atoms with E-state index < -0.39 is 0 Å². The van der Waals surface area contributed by atoms with Gasteiger partial charge >= 0.3 is 0 Å². The number of non-ortho nitro benzene ring substituents is 1. The van der Waals surface area contributed by atoms with Crippen LogP contribution in [0.5, 0.6) is 0 Å². The first-order chi connectivity index (χ1) is 12.0. The molecule has 0 unspecified atom stereocenters. The van der Waals surface area contributed by atoms with Crippen molar-refractivity contribution in [1.82, 2.24) is 19.9 Å². The van der Waals surface area contributed by atoms with Crippen molar-refractivity contribution in [2.45, 2.75) is 19.5 Å². The largest absolute Gasteiger partial charge is 0.361 e. The molecule has 0 saturated heterocycles. The second-order valence-electron chi connectivity index (χ2n) is 6.10. The summed E-state index contributed by atoms with van der Waals surface area (Å²) in [7, 11) is 0. The highest BCUT2D eigenvalue weighted by Gasteiger charge is 2.23. The maximum Gasteiger partial charge on any atom is 0.279 e. The molecule has 0 atom stereocenters. The van der Waals surface area contributed by atoms with Crippen LogP contribution in [-0.2, 0) is 19.5 Å². The van der Waals surface area contributed by atoms with E-state index in [9.17, 15) is 14.9 Å². The lowest BCUT2D eigenvalue weighted by Crippen LogP contribution is -2.35. The van der Waals surface area contributed by atoms with Gasteiger partial charge in [0, 0.05) is 44.0 Å². The van der Waals surface area contributed by atoms with Crippen molar-refractivity contribution in [2.24, 2.45) is 0 Å². The molecule has 0 saturated carbocycles. The van der Waals surface area contributed by atoms with Crippen molar-refractivity contribution in [2.75, 3.05) is 6.54 Å². The monoisotopic (exact) mass is 357 g/mol. The lowest BCUT2D eigenvalue weighted by Gasteiger charge is -2.27. The van der Waals surface area contributed by atoms with Gasteiger partial charge in [-0.1, -0.05) is 6.07 Å². The number of nitrogens with zero attached hydrogens (tertiary/aromatic N) is 2. The van der Waals surface area contributed by atoms with Crippen LogP contribution >= 0.6 is 12.2 Å². The average molecular weight is 357 g/mol. The van der Waals surface area contributed by atoms with E-state index in [2.05, 4.69) is 19.9 Å². The van der Waals surface area contributed by atoms with Gasteiger partial charge in [0.1, 0.15) is 0 Å². The van der Waals surface area contributed by atoms with Crippen molar-refractivity contribution in [3.8, 4) is 0 Å². The number of hydrogen-bond donors (Lipinski definition) is 3. The Morgan fingerprint density at radius 1 is 1.32 bits per heavy atom. The minimum atomic E-state index is -0.365. The SMILES string of the molecule is O=c1[nH]c(=S)[nH]c2c1CN(Cc1c[nH]c3cccc([N+](=O)[O-])c13)CC2. The van der Waals surface area contributed by atoms with Gasteiger partial charge in [-0.2, -0.15) is 0 Å². The summed E-state index contributed by atoms with van der Waals surface area (Å²) in [6, 6.07) is 5.00. The molecular formula is C16H15N5O3S. The molecule has 3 heterocycles. The number of aromatic amines is 3. The molecule has 0 amide bonds. The summed E-state index contributed by atoms with van der Waals surface area (Å²) >= 11 is 5.01. The third kappa shape index (κ3) is 2.77. The van der Waals surface area contributed by atoms with E-state index in [1.807, 2.05) is 6.07 Å². The highest BCUT2D eigenvalue weighted by atomic mass is 32.1. The third-order valence-corrected chi connectivity index (χ3v) is 4.75. The summed E-state index contributed by atoms with van der Waals surface area (Å²) in [5.41, 5.74) is 3.06. The summed E-state index contributed by atoms with van der Waals surface area (Å²) in [6.45, 7) is 1.75. The predicted octanol–water partition coefficient (Wildman–Crippen LogP) is 2.38. The van der Waals surface area contributed by atoms with Crippen molar-refractivity contribution in [1.29, 1.82) is 0 Å². The molecule has 3 N–H and O–H groups in total. The Morgan fingerprint density at radius 3 is 2.96 bits per heavy atom. The number of fused-ring (bicyclic) bond motifs is 2. The van der Waals surface area contributed by atoms with Crippen LogP contribution in [0.2, 0.25) is 0 Å². The number of H-pyrrole nitrogens is 3. The quantitative estimate of drug-likeness (QED) is 0.379. The number of nitro benzene ring substituents is 1. The molecule has 25 heavy (non-hydrogen) atoms. The Bertz CT molecular complexity index is 1100. The van der Waals surface area contributed by atoms with Crippen LogP contribution in [0, 0.1) is 14.9 Å². The fourth-order valence-corrected chi connectivity index (χ4v) is 3.62. The summed E-state index contributed by atoms with van der Waals surface area (Å²) in [4.78, 5) is 33.9. The van der Waals surface area contributed by atoms with Crippen LogP contribution in [0.25, 0.3) is 10.9 Å². The van der Waals surface area contributed by atoms with Crippen molar-refractivity contribution < 1.29 is 4.92 Å². The molecule has 0 radical (unpaired) electrons. The molecule has 1 aliphatic rings. The molecule has 1 aromatic carbocycles. The van der Waals surface area contributed by atoms with Crippen LogP contribution in [0.3, 0.4) is 0 Å². The fourth-order valence-electron chi connectivity index (χ4n) is 3.40. The zero-order valence-corrected chi connectivity index (χ0v) is 14.0. The highest BCUT2D eigenvalue weighted by molar-refractivity contribution is 7.71. The van der Waals surface area contributed by atoms with Gasteiger partial charge in [-0.3, -0.25) is 24.8 Å². The van der Waals surface area contributed by atoms with Gasteiger partial charge in [0.2, 0.25) is 0 Å². The summed E-state index contributed by atoms with van der Waals surface area (Å²) in [5, 5.41) is 11.9. The highest BCUT2D eigenvalue weighted by Crippen LogP contribution is 2.30. The Hall–Kier alpha value is -2.78. The zero-order chi connectivity index (χ0) is 17.6. The van der Waals surface area contributed by atoms with Crippen LogP contribution in [0.4, 0.5) is 5.69 Å². The summed E-state index contributed by atoms with van der Waals surface area (Å²) in [6.07, 6.45) is 2.49. The lowest BCUT2D eigenvalue weighted by atomic mass is 10.1. The summed E-state index contributed by atoms with van der Waals surface area (Å²) < 4.78 is 0.337. The van der Waals surface area contributed by atoms with Crippen LogP contribution in [-0.4, -0.2) is 31.3 Å². The molecule has 4 rings (SSSR count). The molecule has 2 aromatic heterocycles. The molecule has 0 fully saturated rings. The van der Waals surface area contributed by atoms with E-state index in [0.717, 1.165) is 23.3 Å². The topological polar surface area (TPSA) is 111 Å². The van der Waals surface area contributed by atoms with Crippen LogP contribution < -0.4 is 5.56 Å². The molecule has 3 aromatic rings. The van der Waals surface area contributed by atoms with Gasteiger partial charge in [0.25, 0.3) is 11.2 Å². The van der Waals surface area contributed by atoms with Gasteiger partial charge in [0.15, 0.2) is 4.77 Å². The van der Waals surface area contributed by atoms with Gasteiger partial charge in [-0.25, -0.2) is 0 Å². The van der Waals surface area contributed by atoms with Crippen molar-refractivity contribution in [3.05, 3.63) is 66.5 Å². The van der Waals surface area contributed by atoms with Crippen molar-refractivity contribution >= 4 is 28.8 Å². The number of hydrogen-bond acceptors (Lipinski definition) is 5. The zero-order valence-electron chi connectivity index (χ0n) is 13.2. The van der Waals surface area contributed by atoms with E-state index in [0.29, 0.717) is 35.2 Å². The third-order valence-electron chi connectivity index (χ3n) is 4.55. The van der Waals surface area contributed by atoms with E-state index in [4.69, 9.17) is 12.2 Å². The standard InChI is InChI=1S/C16H15N5O3S/c22-15-10-8-20(5-4-11(10)18-16(25)19-15)7-9-6-17-12-2-1-3-13(14(9)12)21(23)24/h1-3,6,17H,4-5,7-8H2,(H2,18,19,22,25). The molecule has 9 heteroatoms. The Balaban J connectivity index is 1.68. The average Bonchev–Trinajstić information content (AvgIpc) is 2.98. The molecule has 8 nitrogen and oxygen atoms in total. The Morgan fingerprint density at radius 2 is 2.16 bits per heavy atom. The number of rotatable bonds is 3. The number of aromatic nitrogens is 3. The molecule has 1 aliphatic heterocycles. The van der Waals surface area contributed by atoms with Gasteiger partial charge < -0.3 is 9.97 Å². The smallest absolute Gasteiger partial charge is 0.279 e. The minimum absolute atomic E-state index is 0.0908. The second-order valence-corrected chi connectivity index (χ2v) is 6.50. The van der Waals surface area contributed by atoms with Gasteiger partial charge in [0.05, 0.1) is 21.4 Å². The number of nitro groups is 1. The van der Waals surface area contributed by atoms with Gasteiger partial charge in [-0.15, -0.1) is 0 Å². The van der Waals surface area contributed by atoms with E-state index in [1.54, 1.807) is 12.3 Å². The molecule has 0 spiro atoms. The normalized spacial score (nSPS) is 14.6. The maximum absolute atomic E-state index is 12.1. The molecule has 128 valence electrons. The Kier molecular flexibility index (Phi) is 3.74. The first kappa shape index (κ1) is 15.7. The number of nitrogens with one attached hydrogen (secondary N) is 3. The first-order valence-electron chi connectivity index (χ1n) is 7.83. The Labute approximate surface area is 146 Å². The second kappa shape index (κ2) is 5.94. The fraction of sp³-hybridized carbons (Fsp3) is 0.250. The van der Waals surface area contributed by atoms with E-state index in [-0.39, 0.29) is 16.2 Å². The van der Waals surface area contributed by atoms with E-state index in [1.165, 1.54) is 6.07 Å². The van der Waals surface area contributed by atoms with E-state index >= 15 is 0 Å². The van der Waals surface area contributed by atoms with Gasteiger partial charge in [-0.05, 0) is 23.8 Å². The number of benzene rings is 1.